The molecular formula is C14H18BrFN4. The van der Waals surface area contributed by atoms with E-state index in [1.165, 1.54) is 12.3 Å². The summed E-state index contributed by atoms with van der Waals surface area (Å²) >= 11 is 3.57. The van der Waals surface area contributed by atoms with Crippen LogP contribution >= 0.6 is 15.9 Å². The molecule has 0 saturated carbocycles. The van der Waals surface area contributed by atoms with Gasteiger partial charge in [-0.3, -0.25) is 9.67 Å². The number of aromatic nitrogens is 3. The van der Waals surface area contributed by atoms with Crippen molar-refractivity contribution >= 4 is 15.9 Å². The van der Waals surface area contributed by atoms with Crippen LogP contribution in [0.4, 0.5) is 4.39 Å². The number of nitrogens with one attached hydrogen (secondary N) is 1. The van der Waals surface area contributed by atoms with Crippen molar-refractivity contribution in [1.82, 2.24) is 20.1 Å². The van der Waals surface area contributed by atoms with Gasteiger partial charge < -0.3 is 5.32 Å². The fraction of sp³-hybridized carbons (Fsp3) is 0.429. The molecule has 0 fully saturated rings. The zero-order chi connectivity index (χ0) is 14.7. The van der Waals surface area contributed by atoms with Gasteiger partial charge in [-0.2, -0.15) is 5.10 Å². The third-order valence-corrected chi connectivity index (χ3v) is 4.27. The van der Waals surface area contributed by atoms with Crippen LogP contribution in [0.2, 0.25) is 0 Å². The number of pyridine rings is 1. The van der Waals surface area contributed by atoms with E-state index in [2.05, 4.69) is 31.3 Å². The molecular weight excluding hydrogens is 323 g/mol. The van der Waals surface area contributed by atoms with Gasteiger partial charge in [0.05, 0.1) is 22.1 Å². The molecule has 1 atom stereocenters. The Hall–Kier alpha value is -1.27. The number of halogens is 2. The molecule has 0 aliphatic carbocycles. The molecule has 2 aromatic heterocycles. The number of likely N-dealkylation sites (N-methyl/N-ethyl adjacent to an activating group) is 1. The average molecular weight is 341 g/mol. The van der Waals surface area contributed by atoms with E-state index in [9.17, 15) is 4.39 Å². The van der Waals surface area contributed by atoms with Crippen molar-refractivity contribution in [2.75, 3.05) is 6.54 Å². The summed E-state index contributed by atoms with van der Waals surface area (Å²) in [7, 11) is 1.92. The Balaban J connectivity index is 2.30. The molecule has 2 heterocycles. The highest BCUT2D eigenvalue weighted by molar-refractivity contribution is 9.10. The monoisotopic (exact) mass is 340 g/mol. The van der Waals surface area contributed by atoms with Gasteiger partial charge in [-0.25, -0.2) is 4.39 Å². The molecule has 108 valence electrons. The molecule has 0 amide bonds. The molecule has 20 heavy (non-hydrogen) atoms. The molecule has 1 unspecified atom stereocenters. The van der Waals surface area contributed by atoms with Crippen molar-refractivity contribution in [2.24, 2.45) is 7.05 Å². The van der Waals surface area contributed by atoms with Crippen LogP contribution in [-0.2, 0) is 13.5 Å². The largest absolute Gasteiger partial charge is 0.310 e. The van der Waals surface area contributed by atoms with E-state index >= 15 is 0 Å². The molecule has 0 aliphatic heterocycles. The lowest BCUT2D eigenvalue weighted by Crippen LogP contribution is -2.24. The summed E-state index contributed by atoms with van der Waals surface area (Å²) in [5, 5.41) is 7.76. The van der Waals surface area contributed by atoms with Gasteiger partial charge in [0.2, 0.25) is 0 Å². The molecule has 6 heteroatoms. The van der Waals surface area contributed by atoms with Gasteiger partial charge in [0, 0.05) is 25.7 Å². The Morgan fingerprint density at radius 2 is 2.20 bits per heavy atom. The number of aryl methyl sites for hydroxylation is 2. The SMILES string of the molecule is CCNC(Cc1c(Br)c(C)nn1C)c1cncc(F)c1. The molecule has 1 N–H and O–H groups in total. The third kappa shape index (κ3) is 3.24. The zero-order valence-electron chi connectivity index (χ0n) is 11.8. The predicted octanol–water partition coefficient (Wildman–Crippen LogP) is 2.92. The first-order chi connectivity index (χ1) is 9.52. The van der Waals surface area contributed by atoms with E-state index in [-0.39, 0.29) is 11.9 Å². The zero-order valence-corrected chi connectivity index (χ0v) is 13.4. The highest BCUT2D eigenvalue weighted by Crippen LogP contribution is 2.26. The Bertz CT molecular complexity index is 597. The Labute approximate surface area is 126 Å². The summed E-state index contributed by atoms with van der Waals surface area (Å²) in [6.45, 7) is 4.79. The molecule has 2 aromatic rings. The highest BCUT2D eigenvalue weighted by atomic mass is 79.9. The summed E-state index contributed by atoms with van der Waals surface area (Å²) in [5.74, 6) is -0.314. The smallest absolute Gasteiger partial charge is 0.141 e. The number of nitrogens with zero attached hydrogens (tertiary/aromatic N) is 3. The second-order valence-corrected chi connectivity index (χ2v) is 5.51. The van der Waals surface area contributed by atoms with E-state index in [0.29, 0.717) is 0 Å². The van der Waals surface area contributed by atoms with Crippen LogP contribution in [0.1, 0.15) is 29.9 Å². The summed E-state index contributed by atoms with van der Waals surface area (Å²) in [5.41, 5.74) is 2.88. The first-order valence-electron chi connectivity index (χ1n) is 6.54. The van der Waals surface area contributed by atoms with E-state index in [0.717, 1.165) is 34.4 Å². The van der Waals surface area contributed by atoms with Crippen LogP contribution in [0.25, 0.3) is 0 Å². The molecule has 2 rings (SSSR count). The predicted molar refractivity (Wildman–Crippen MR) is 80.0 cm³/mol. The lowest BCUT2D eigenvalue weighted by molar-refractivity contribution is 0.520. The topological polar surface area (TPSA) is 42.7 Å². The minimum Gasteiger partial charge on any atom is -0.310 e. The first-order valence-corrected chi connectivity index (χ1v) is 7.34. The third-order valence-electron chi connectivity index (χ3n) is 3.24. The molecule has 4 nitrogen and oxygen atoms in total. The Morgan fingerprint density at radius 1 is 1.45 bits per heavy atom. The maximum absolute atomic E-state index is 13.4. The second kappa shape index (κ2) is 6.45. The molecule has 0 aliphatic rings. The van der Waals surface area contributed by atoms with Crippen molar-refractivity contribution in [3.8, 4) is 0 Å². The maximum atomic E-state index is 13.4. The Kier molecular flexibility index (Phi) is 4.88. The van der Waals surface area contributed by atoms with Crippen LogP contribution in [0.3, 0.4) is 0 Å². The average Bonchev–Trinajstić information content (AvgIpc) is 2.64. The van der Waals surface area contributed by atoms with Crippen molar-refractivity contribution in [3.63, 3.8) is 0 Å². The maximum Gasteiger partial charge on any atom is 0.141 e. The quantitative estimate of drug-likeness (QED) is 0.909. The number of rotatable bonds is 5. The van der Waals surface area contributed by atoms with Crippen LogP contribution in [0.15, 0.2) is 22.9 Å². The fourth-order valence-corrected chi connectivity index (χ4v) is 2.77. The van der Waals surface area contributed by atoms with Gasteiger partial charge in [-0.15, -0.1) is 0 Å². The van der Waals surface area contributed by atoms with Gasteiger partial charge in [-0.1, -0.05) is 6.92 Å². The van der Waals surface area contributed by atoms with Gasteiger partial charge in [0.25, 0.3) is 0 Å². The van der Waals surface area contributed by atoms with Crippen LogP contribution in [0.5, 0.6) is 0 Å². The van der Waals surface area contributed by atoms with Crippen molar-refractivity contribution in [2.45, 2.75) is 26.3 Å². The normalized spacial score (nSPS) is 12.7. The van der Waals surface area contributed by atoms with Crippen molar-refractivity contribution < 1.29 is 4.39 Å². The highest BCUT2D eigenvalue weighted by Gasteiger charge is 2.18. The number of hydrogen-bond donors (Lipinski definition) is 1. The summed E-state index contributed by atoms with van der Waals surface area (Å²) < 4.78 is 16.2. The lowest BCUT2D eigenvalue weighted by atomic mass is 10.0. The van der Waals surface area contributed by atoms with E-state index < -0.39 is 0 Å². The van der Waals surface area contributed by atoms with Gasteiger partial charge in [0.1, 0.15) is 5.82 Å². The second-order valence-electron chi connectivity index (χ2n) is 4.72. The fourth-order valence-electron chi connectivity index (χ4n) is 2.27. The lowest BCUT2D eigenvalue weighted by Gasteiger charge is -2.18. The first kappa shape index (κ1) is 15.1. The summed E-state index contributed by atoms with van der Waals surface area (Å²) in [4.78, 5) is 3.93. The van der Waals surface area contributed by atoms with Crippen LogP contribution in [0, 0.1) is 12.7 Å². The Morgan fingerprint density at radius 3 is 2.75 bits per heavy atom. The van der Waals surface area contributed by atoms with Crippen LogP contribution in [-0.4, -0.2) is 21.3 Å². The molecule has 0 radical (unpaired) electrons. The minimum atomic E-state index is -0.314. The van der Waals surface area contributed by atoms with Crippen LogP contribution < -0.4 is 5.32 Å². The van der Waals surface area contributed by atoms with E-state index in [1.54, 1.807) is 6.20 Å². The molecule has 0 bridgehead atoms. The van der Waals surface area contributed by atoms with Gasteiger partial charge in [-0.05, 0) is 41.0 Å². The van der Waals surface area contributed by atoms with E-state index in [4.69, 9.17) is 0 Å². The van der Waals surface area contributed by atoms with Crippen molar-refractivity contribution in [3.05, 3.63) is 45.7 Å². The minimum absolute atomic E-state index is 0.00861. The van der Waals surface area contributed by atoms with E-state index in [1.807, 2.05) is 25.6 Å². The summed E-state index contributed by atoms with van der Waals surface area (Å²) in [6, 6.07) is 1.53. The van der Waals surface area contributed by atoms with Gasteiger partial charge in [0.15, 0.2) is 0 Å². The number of hydrogen-bond acceptors (Lipinski definition) is 3. The molecule has 0 saturated heterocycles. The van der Waals surface area contributed by atoms with Crippen molar-refractivity contribution in [1.29, 1.82) is 0 Å². The summed E-state index contributed by atoms with van der Waals surface area (Å²) in [6.07, 6.45) is 3.64. The standard InChI is InChI=1S/C14H18BrFN4/c1-4-18-12(10-5-11(16)8-17-7-10)6-13-14(15)9(2)19-20(13)3/h5,7-8,12,18H,4,6H2,1-3H3. The van der Waals surface area contributed by atoms with Gasteiger partial charge >= 0.3 is 0 Å². The molecule has 0 aromatic carbocycles. The molecule has 0 spiro atoms.